The van der Waals surface area contributed by atoms with E-state index in [4.69, 9.17) is 0 Å². The largest absolute Gasteiger partial charge is 0.367 e. The summed E-state index contributed by atoms with van der Waals surface area (Å²) in [5.41, 5.74) is 2.17. The number of piperidine rings is 1. The summed E-state index contributed by atoms with van der Waals surface area (Å²) in [5, 5.41) is 23.6. The number of anilines is 3. The molecule has 1 atom stereocenters. The van der Waals surface area contributed by atoms with Gasteiger partial charge in [-0.2, -0.15) is 0 Å². The molecule has 0 spiro atoms. The lowest BCUT2D eigenvalue weighted by Gasteiger charge is -2.23. The van der Waals surface area contributed by atoms with Crippen LogP contribution >= 0.6 is 0 Å². The van der Waals surface area contributed by atoms with E-state index in [1.165, 1.54) is 32.1 Å². The van der Waals surface area contributed by atoms with Crippen molar-refractivity contribution < 1.29 is 0 Å². The second kappa shape index (κ2) is 12.5. The summed E-state index contributed by atoms with van der Waals surface area (Å²) in [6.07, 6.45) is 14.2. The molecular formula is C26H39N9. The Bertz CT molecular complexity index is 1110. The van der Waals surface area contributed by atoms with Crippen LogP contribution in [0, 0.1) is 6.92 Å². The predicted molar refractivity (Wildman–Crippen MR) is 143 cm³/mol. The van der Waals surface area contributed by atoms with Gasteiger partial charge in [-0.3, -0.25) is 14.8 Å². The maximum atomic E-state index is 4.68. The fraction of sp³-hybridized carbons (Fsp3) is 0.538. The average molecular weight is 478 g/mol. The summed E-state index contributed by atoms with van der Waals surface area (Å²) in [6.45, 7) is 8.05. The van der Waals surface area contributed by atoms with Crippen LogP contribution in [0.4, 0.5) is 17.6 Å². The first-order chi connectivity index (χ1) is 17.3. The molecule has 188 valence electrons. The Morgan fingerprint density at radius 2 is 1.74 bits per heavy atom. The smallest absolute Gasteiger partial charge is 0.220 e. The number of aryl methyl sites for hydroxylation is 1. The van der Waals surface area contributed by atoms with Gasteiger partial charge in [0, 0.05) is 30.4 Å². The van der Waals surface area contributed by atoms with Crippen molar-refractivity contribution in [1.82, 2.24) is 35.3 Å². The van der Waals surface area contributed by atoms with Crippen LogP contribution in [0.1, 0.15) is 70.4 Å². The summed E-state index contributed by atoms with van der Waals surface area (Å²) >= 11 is 0. The highest BCUT2D eigenvalue weighted by Gasteiger charge is 2.18. The van der Waals surface area contributed by atoms with E-state index in [1.807, 2.05) is 44.6 Å². The van der Waals surface area contributed by atoms with Gasteiger partial charge < -0.3 is 16.0 Å². The summed E-state index contributed by atoms with van der Waals surface area (Å²) < 4.78 is 2.22. The van der Waals surface area contributed by atoms with Crippen LogP contribution < -0.4 is 16.0 Å². The molecule has 4 N–H and O–H groups in total. The van der Waals surface area contributed by atoms with Gasteiger partial charge in [0.15, 0.2) is 5.82 Å². The molecule has 4 heterocycles. The Morgan fingerprint density at radius 1 is 0.971 bits per heavy atom. The van der Waals surface area contributed by atoms with E-state index in [2.05, 4.69) is 58.9 Å². The number of aromatic amines is 1. The second-order valence-corrected chi connectivity index (χ2v) is 9.06. The number of aromatic nitrogens is 6. The first-order valence-electron chi connectivity index (χ1n) is 13.1. The molecule has 3 aromatic heterocycles. The van der Waals surface area contributed by atoms with Crippen LogP contribution in [-0.4, -0.2) is 49.1 Å². The van der Waals surface area contributed by atoms with Crippen molar-refractivity contribution in [3.63, 3.8) is 0 Å². The monoisotopic (exact) mass is 477 g/mol. The van der Waals surface area contributed by atoms with E-state index in [1.54, 1.807) is 0 Å². The van der Waals surface area contributed by atoms with Crippen LogP contribution in [0.3, 0.4) is 0 Å². The molecule has 1 aliphatic carbocycles. The number of hydrogen-bond donors (Lipinski definition) is 4. The third kappa shape index (κ3) is 6.48. The Balaban J connectivity index is 0.00000141. The minimum Gasteiger partial charge on any atom is -0.367 e. The van der Waals surface area contributed by atoms with Gasteiger partial charge >= 0.3 is 0 Å². The zero-order valence-electron chi connectivity index (χ0n) is 21.2. The predicted octanol–water partition coefficient (Wildman–Crippen LogP) is 5.42. The maximum Gasteiger partial charge on any atom is 0.220 e. The van der Waals surface area contributed by atoms with Crippen LogP contribution in [0.5, 0.6) is 0 Å². The molecule has 1 aliphatic heterocycles. The van der Waals surface area contributed by atoms with Gasteiger partial charge in [0.05, 0.1) is 17.8 Å². The highest BCUT2D eigenvalue weighted by atomic mass is 15.4. The van der Waals surface area contributed by atoms with Crippen molar-refractivity contribution >= 4 is 28.5 Å². The van der Waals surface area contributed by atoms with Gasteiger partial charge in [-0.05, 0) is 62.9 Å². The van der Waals surface area contributed by atoms with Crippen LogP contribution in [0.15, 0.2) is 36.8 Å². The Morgan fingerprint density at radius 3 is 2.49 bits per heavy atom. The lowest BCUT2D eigenvalue weighted by molar-refractivity contribution is 0.414. The van der Waals surface area contributed by atoms with Crippen LogP contribution in [-0.2, 0) is 0 Å². The molecule has 3 aromatic rings. The van der Waals surface area contributed by atoms with E-state index < -0.39 is 0 Å². The molecule has 2 aliphatic rings. The molecule has 1 unspecified atom stereocenters. The number of rotatable bonds is 6. The minimum atomic E-state index is 0.400. The number of fused-ring (bicyclic) bond motifs is 1. The topological polar surface area (TPSA) is 108 Å². The molecule has 0 aromatic carbocycles. The SMILES string of the molecule is CC.Cc1cnc(Nc2ccc(NCC3CCCCN3)nn2)[nH]n(C2CCCC2)c2cnccc12. The van der Waals surface area contributed by atoms with Crippen molar-refractivity contribution in [2.45, 2.75) is 77.8 Å². The normalized spacial score (nSPS) is 18.0. The third-order valence-electron chi connectivity index (χ3n) is 6.64. The molecule has 1 saturated carbocycles. The van der Waals surface area contributed by atoms with E-state index >= 15 is 0 Å². The Kier molecular flexibility index (Phi) is 8.89. The standard InChI is InChI=1S/C24H33N9.C2H6/c1-17-14-28-24(32-33(19-7-2-3-8-19)21-16-25-13-11-20(17)21)29-23-10-9-22(30-31-23)27-15-18-6-4-5-12-26-18;1-2/h9-11,13-14,16,18-19,26H,2-8,12,15H2,1H3,(H,27,30)(H2,28,29,31,32);1-2H3. The van der Waals surface area contributed by atoms with E-state index in [0.29, 0.717) is 23.8 Å². The molecular weight excluding hydrogens is 438 g/mol. The Labute approximate surface area is 207 Å². The van der Waals surface area contributed by atoms with E-state index in [-0.39, 0.29) is 0 Å². The molecule has 5 rings (SSSR count). The first-order valence-corrected chi connectivity index (χ1v) is 13.1. The fourth-order valence-electron chi connectivity index (χ4n) is 4.80. The highest BCUT2D eigenvalue weighted by molar-refractivity contribution is 5.80. The van der Waals surface area contributed by atoms with Gasteiger partial charge in [0.25, 0.3) is 0 Å². The second-order valence-electron chi connectivity index (χ2n) is 9.06. The molecule has 0 radical (unpaired) electrons. The highest BCUT2D eigenvalue weighted by Crippen LogP contribution is 2.31. The van der Waals surface area contributed by atoms with Gasteiger partial charge in [-0.15, -0.1) is 10.2 Å². The number of pyridine rings is 1. The summed E-state index contributed by atoms with van der Waals surface area (Å²) in [4.78, 5) is 9.07. The molecule has 35 heavy (non-hydrogen) atoms. The van der Waals surface area contributed by atoms with Crippen molar-refractivity contribution in [2.24, 2.45) is 0 Å². The number of H-pyrrole nitrogens is 1. The molecule has 0 amide bonds. The van der Waals surface area contributed by atoms with Gasteiger partial charge in [-0.25, -0.2) is 4.98 Å². The Hall–Kier alpha value is -3.20. The zero-order valence-corrected chi connectivity index (χ0v) is 21.2. The molecule has 2 fully saturated rings. The summed E-state index contributed by atoms with van der Waals surface area (Å²) in [5.74, 6) is 2.05. The third-order valence-corrected chi connectivity index (χ3v) is 6.64. The number of hydrogen-bond acceptors (Lipinski definition) is 7. The lowest BCUT2D eigenvalue weighted by atomic mass is 10.1. The molecule has 1 saturated heterocycles. The quantitative estimate of drug-likeness (QED) is 0.375. The maximum absolute atomic E-state index is 4.68. The zero-order chi connectivity index (χ0) is 24.5. The van der Waals surface area contributed by atoms with Crippen molar-refractivity contribution in [1.29, 1.82) is 0 Å². The minimum absolute atomic E-state index is 0.400. The fourth-order valence-corrected chi connectivity index (χ4v) is 4.80. The van der Waals surface area contributed by atoms with E-state index in [9.17, 15) is 0 Å². The number of nitrogens with zero attached hydrogens (tertiary/aromatic N) is 5. The van der Waals surface area contributed by atoms with Gasteiger partial charge in [0.1, 0.15) is 5.82 Å². The van der Waals surface area contributed by atoms with Crippen molar-refractivity contribution in [3.05, 3.63) is 42.4 Å². The van der Waals surface area contributed by atoms with Crippen LogP contribution in [0.2, 0.25) is 0 Å². The van der Waals surface area contributed by atoms with E-state index in [0.717, 1.165) is 48.2 Å². The molecule has 9 heteroatoms. The van der Waals surface area contributed by atoms with Crippen molar-refractivity contribution in [2.75, 3.05) is 23.7 Å². The van der Waals surface area contributed by atoms with Crippen LogP contribution in [0.25, 0.3) is 10.9 Å². The lowest BCUT2D eigenvalue weighted by Crippen LogP contribution is -2.39. The van der Waals surface area contributed by atoms with Gasteiger partial charge in [-0.1, -0.05) is 33.1 Å². The van der Waals surface area contributed by atoms with Crippen molar-refractivity contribution in [3.8, 4) is 0 Å². The molecule has 9 nitrogen and oxygen atoms in total. The molecule has 0 bridgehead atoms. The number of nitrogens with one attached hydrogen (secondary N) is 4. The summed E-state index contributed by atoms with van der Waals surface area (Å²) in [6, 6.07) is 6.84. The van der Waals surface area contributed by atoms with Gasteiger partial charge in [0.2, 0.25) is 5.95 Å². The summed E-state index contributed by atoms with van der Waals surface area (Å²) in [7, 11) is 0. The first kappa shape index (κ1) is 24.9. The average Bonchev–Trinajstić information content (AvgIpc) is 3.45.